The van der Waals surface area contributed by atoms with Crippen LogP contribution in [0.2, 0.25) is 0 Å². The summed E-state index contributed by atoms with van der Waals surface area (Å²) in [4.78, 5) is 30.1. The van der Waals surface area contributed by atoms with E-state index >= 15 is 0 Å². The zero-order chi connectivity index (χ0) is 29.0. The van der Waals surface area contributed by atoms with Gasteiger partial charge in [0.1, 0.15) is 22.2 Å². The third kappa shape index (κ3) is 6.34. The van der Waals surface area contributed by atoms with Crippen molar-refractivity contribution in [2.24, 2.45) is 9.98 Å². The molecule has 0 aromatic heterocycles. The van der Waals surface area contributed by atoms with Gasteiger partial charge in [-0.05, 0) is 25.7 Å². The van der Waals surface area contributed by atoms with Crippen molar-refractivity contribution in [3.63, 3.8) is 0 Å². The second-order valence-corrected chi connectivity index (χ2v) is 10.2. The molecule has 0 atom stereocenters. The lowest BCUT2D eigenvalue weighted by Gasteiger charge is -2.38. The van der Waals surface area contributed by atoms with E-state index in [2.05, 4.69) is 66.0 Å². The molecule has 2 heterocycles. The topological polar surface area (TPSA) is 138 Å². The number of quaternary nitrogens is 2. The number of carbonyl (C=O) groups is 2. The van der Waals surface area contributed by atoms with Gasteiger partial charge in [0.2, 0.25) is 0 Å². The molecule has 1 aromatic rings. The highest BCUT2D eigenvalue weighted by atomic mass is 16.4. The Morgan fingerprint density at radius 1 is 0.605 bits per heavy atom. The Balaban J connectivity index is 0.000000285. The molecule has 8 nitrogen and oxygen atoms in total. The molecule has 2 aliphatic rings. The molecule has 4 N–H and O–H groups in total. The summed E-state index contributed by atoms with van der Waals surface area (Å²) in [5.74, 6) is -3.04. The maximum absolute atomic E-state index is 10.3. The van der Waals surface area contributed by atoms with E-state index in [9.17, 15) is 19.8 Å². The third-order valence-electron chi connectivity index (χ3n) is 9.51. The van der Waals surface area contributed by atoms with Crippen molar-refractivity contribution in [3.8, 4) is 0 Å². The molecule has 0 radical (unpaired) electrons. The maximum Gasteiger partial charge on any atom is 0.183 e. The van der Waals surface area contributed by atoms with Gasteiger partial charge in [-0.2, -0.15) is 0 Å². The molecule has 1 aromatic carbocycles. The Hall–Kier alpha value is -2.58. The molecule has 0 unspecified atom stereocenters. The fourth-order valence-corrected chi connectivity index (χ4v) is 6.61. The number of nitrogens with zero attached hydrogens (tertiary/aromatic N) is 2. The second-order valence-electron chi connectivity index (χ2n) is 10.2. The molecule has 214 valence electrons. The van der Waals surface area contributed by atoms with Crippen LogP contribution in [0.25, 0.3) is 0 Å². The van der Waals surface area contributed by atoms with Crippen LogP contribution in [0, 0.1) is 0 Å². The normalized spacial score (nSPS) is 19.2. The largest absolute Gasteiger partial charge is 0.545 e. The first kappa shape index (κ1) is 33.4. The number of nitrogens with two attached hydrogens (primary N) is 2. The Morgan fingerprint density at radius 2 is 0.895 bits per heavy atom. The SMILES string of the molecule is CCC1(CC)N=C[NH2+]C1(CC)CC.CCC1(CC)N=C[NH2+]C1(CC)CC.O=C([O-])c1ccccc1C(=O)[O-]. The molecule has 38 heavy (non-hydrogen) atoms. The maximum atomic E-state index is 10.3. The van der Waals surface area contributed by atoms with E-state index in [0.29, 0.717) is 11.1 Å². The molecule has 0 aliphatic carbocycles. The summed E-state index contributed by atoms with van der Waals surface area (Å²) in [6.45, 7) is 18.2. The van der Waals surface area contributed by atoms with E-state index in [-0.39, 0.29) is 22.2 Å². The van der Waals surface area contributed by atoms with E-state index in [4.69, 9.17) is 9.98 Å². The average Bonchev–Trinajstić information content (AvgIpc) is 3.52. The minimum Gasteiger partial charge on any atom is -0.545 e. The van der Waals surface area contributed by atoms with Crippen molar-refractivity contribution in [1.82, 2.24) is 0 Å². The lowest BCUT2D eigenvalue weighted by atomic mass is 9.71. The first-order valence-electron chi connectivity index (χ1n) is 14.3. The number of aliphatic imine (C=N–C) groups is 2. The second kappa shape index (κ2) is 14.5. The molecule has 0 spiro atoms. The van der Waals surface area contributed by atoms with Crippen LogP contribution in [-0.4, -0.2) is 46.8 Å². The summed E-state index contributed by atoms with van der Waals surface area (Å²) in [6, 6.07) is 5.14. The van der Waals surface area contributed by atoms with Crippen LogP contribution in [0.4, 0.5) is 0 Å². The van der Waals surface area contributed by atoms with E-state index in [1.807, 2.05) is 12.7 Å². The number of hydrogen-bond donors (Lipinski definition) is 2. The number of benzene rings is 1. The number of carboxylic acids is 2. The van der Waals surface area contributed by atoms with Crippen LogP contribution < -0.4 is 20.8 Å². The Labute approximate surface area is 229 Å². The van der Waals surface area contributed by atoms with Crippen LogP contribution in [0.15, 0.2) is 34.3 Å². The Bertz CT molecular complexity index is 880. The fraction of sp³-hybridized carbons (Fsp3) is 0.667. The Morgan fingerprint density at radius 3 is 1.08 bits per heavy atom. The standard InChI is InChI=1S/2C11H22N2.C8H6O4/c2*1-5-10(6-2)11(7-3,8-4)13-9-12-10;9-7(10)5-3-1-2-4-6(5)8(11)12/h2*9H,5-8H2,1-4H3,(H,12,13);1-4H,(H,9,10)(H,11,12). The zero-order valence-corrected chi connectivity index (χ0v) is 24.8. The molecule has 0 fully saturated rings. The van der Waals surface area contributed by atoms with Crippen LogP contribution in [0.3, 0.4) is 0 Å². The summed E-state index contributed by atoms with van der Waals surface area (Å²) < 4.78 is 0. The number of aromatic carboxylic acids is 2. The van der Waals surface area contributed by atoms with Crippen molar-refractivity contribution >= 4 is 24.6 Å². The highest BCUT2D eigenvalue weighted by Gasteiger charge is 2.54. The summed E-state index contributed by atoms with van der Waals surface area (Å²) in [5.41, 5.74) is 0.370. The Kier molecular flexibility index (Phi) is 12.8. The van der Waals surface area contributed by atoms with Gasteiger partial charge in [-0.1, -0.05) is 79.7 Å². The predicted octanol–water partition coefficient (Wildman–Crippen LogP) is 1.83. The highest BCUT2D eigenvalue weighted by molar-refractivity contribution is 5.99. The average molecular weight is 531 g/mol. The van der Waals surface area contributed by atoms with E-state index < -0.39 is 11.9 Å². The summed E-state index contributed by atoms with van der Waals surface area (Å²) in [7, 11) is 0. The summed E-state index contributed by atoms with van der Waals surface area (Å²) in [5, 5.41) is 25.3. The van der Waals surface area contributed by atoms with E-state index in [1.54, 1.807) is 0 Å². The van der Waals surface area contributed by atoms with Gasteiger partial charge in [-0.3, -0.25) is 10.6 Å². The molecule has 8 heteroatoms. The molecule has 0 bridgehead atoms. The first-order chi connectivity index (χ1) is 18.0. The van der Waals surface area contributed by atoms with Crippen LogP contribution in [-0.2, 0) is 0 Å². The van der Waals surface area contributed by atoms with Gasteiger partial charge in [0.25, 0.3) is 0 Å². The van der Waals surface area contributed by atoms with Gasteiger partial charge < -0.3 is 19.8 Å². The predicted molar refractivity (Wildman–Crippen MR) is 149 cm³/mol. The van der Waals surface area contributed by atoms with Gasteiger partial charge in [0.15, 0.2) is 12.7 Å². The van der Waals surface area contributed by atoms with Crippen LogP contribution >= 0.6 is 0 Å². The lowest BCUT2D eigenvalue weighted by molar-refractivity contribution is -0.621. The first-order valence-corrected chi connectivity index (χ1v) is 14.3. The van der Waals surface area contributed by atoms with E-state index in [1.165, 1.54) is 37.8 Å². The van der Waals surface area contributed by atoms with Crippen LogP contribution in [0.5, 0.6) is 0 Å². The van der Waals surface area contributed by atoms with Gasteiger partial charge in [0.05, 0.1) is 11.9 Å². The van der Waals surface area contributed by atoms with Crippen molar-refractivity contribution < 1.29 is 30.4 Å². The van der Waals surface area contributed by atoms with Gasteiger partial charge >= 0.3 is 0 Å². The minimum atomic E-state index is -1.52. The summed E-state index contributed by atoms with van der Waals surface area (Å²) >= 11 is 0. The summed E-state index contributed by atoms with van der Waals surface area (Å²) in [6.07, 6.45) is 13.6. The highest BCUT2D eigenvalue weighted by Crippen LogP contribution is 2.37. The van der Waals surface area contributed by atoms with Crippen LogP contribution in [0.1, 0.15) is 127 Å². The quantitative estimate of drug-likeness (QED) is 0.476. The lowest BCUT2D eigenvalue weighted by Crippen LogP contribution is -2.97. The number of rotatable bonds is 10. The number of carbonyl (C=O) groups excluding carboxylic acids is 2. The van der Waals surface area contributed by atoms with Crippen molar-refractivity contribution in [2.45, 2.75) is 129 Å². The fourth-order valence-electron chi connectivity index (χ4n) is 6.61. The zero-order valence-electron chi connectivity index (χ0n) is 24.8. The van der Waals surface area contributed by atoms with Crippen molar-refractivity contribution in [3.05, 3.63) is 35.4 Å². The van der Waals surface area contributed by atoms with Crippen molar-refractivity contribution in [2.75, 3.05) is 0 Å². The molecule has 0 saturated heterocycles. The molecule has 0 amide bonds. The molecule has 2 aliphatic heterocycles. The number of carboxylic acid groups (broad SMARTS) is 2. The molecule has 3 rings (SSSR count). The van der Waals surface area contributed by atoms with E-state index in [0.717, 1.165) is 37.8 Å². The van der Waals surface area contributed by atoms with Gasteiger partial charge in [-0.25, -0.2) is 9.98 Å². The minimum absolute atomic E-state index is 0.205. The molecular formula is C30H50N4O4. The monoisotopic (exact) mass is 530 g/mol. The molecule has 0 saturated carbocycles. The number of hydrogen-bond acceptors (Lipinski definition) is 6. The van der Waals surface area contributed by atoms with Gasteiger partial charge in [0, 0.05) is 36.8 Å². The van der Waals surface area contributed by atoms with Crippen molar-refractivity contribution in [1.29, 1.82) is 0 Å². The smallest absolute Gasteiger partial charge is 0.183 e. The van der Waals surface area contributed by atoms with Gasteiger partial charge in [-0.15, -0.1) is 0 Å². The third-order valence-corrected chi connectivity index (χ3v) is 9.51. The molecular weight excluding hydrogens is 480 g/mol.